The first-order valence-electron chi connectivity index (χ1n) is 0.183. The van der Waals surface area contributed by atoms with Gasteiger partial charge in [0.15, 0.2) is 0 Å². The molecular weight excluding hydrogens is 272 g/mol. The van der Waals surface area contributed by atoms with E-state index in [0.29, 0.717) is 0 Å². The van der Waals surface area contributed by atoms with Crippen LogP contribution >= 0.6 is 0 Å². The van der Waals surface area contributed by atoms with Crippen molar-refractivity contribution in [2.24, 2.45) is 0 Å². The second-order valence-corrected chi connectivity index (χ2v) is 0. The molecule has 0 spiro atoms. The Morgan fingerprint density at radius 2 is 0.600 bits per heavy atom. The van der Waals surface area contributed by atoms with Crippen LogP contribution in [0, 0.1) is 4.91 Å². The molecule has 0 heterocycles. The first-order chi connectivity index (χ1) is 1.00. The van der Waals surface area contributed by atoms with Gasteiger partial charge in [-0.15, -0.1) is 0 Å². The zero-order valence-electron chi connectivity index (χ0n) is 5.50. The Morgan fingerprint density at radius 3 is 0.600 bits per heavy atom. The average molecular weight is 287 g/mol. The van der Waals surface area contributed by atoms with Gasteiger partial charge in [0.2, 0.25) is 0 Å². The molecule has 0 aromatic heterocycles. The minimum absolute atomic E-state index is 0. The van der Waals surface area contributed by atoms with E-state index in [-0.39, 0.29) is 75.0 Å². The maximum absolute atomic E-state index is 7.25. The molecule has 0 aliphatic heterocycles. The molecule has 0 saturated carbocycles. The van der Waals surface area contributed by atoms with Gasteiger partial charge >= 0.3 is 19.5 Å². The van der Waals surface area contributed by atoms with Crippen LogP contribution < -0.4 is 55.6 Å². The summed E-state index contributed by atoms with van der Waals surface area (Å²) < 4.78 is 0. The maximum Gasteiger partial charge on any atom is 3.00 e. The van der Waals surface area contributed by atoms with E-state index in [1.807, 2.05) is 0 Å². The van der Waals surface area contributed by atoms with Crippen LogP contribution in [-0.2, 0) is 19.5 Å². The SMILES string of the molecule is N.N.N.N.N.[Cl-].[Cl-].[N-]=O.[Ru+3]. The van der Waals surface area contributed by atoms with Gasteiger partial charge in [0.1, 0.15) is 0 Å². The van der Waals surface area contributed by atoms with Crippen molar-refractivity contribution in [1.82, 2.24) is 30.8 Å². The van der Waals surface area contributed by atoms with E-state index in [9.17, 15) is 0 Å². The predicted octanol–water partition coefficient (Wildman–Crippen LogP) is -4.86. The molecule has 0 aliphatic carbocycles. The number of hydrogen-bond donors (Lipinski definition) is 5. The first-order valence-corrected chi connectivity index (χ1v) is 0.183. The van der Waals surface area contributed by atoms with Crippen LogP contribution in [0.15, 0.2) is 0 Å². The Kier molecular flexibility index (Phi) is 74300. The van der Waals surface area contributed by atoms with Crippen molar-refractivity contribution in [1.29, 1.82) is 0 Å². The Bertz CT molecular complexity index is 15.7. The van der Waals surface area contributed by atoms with E-state index in [0.717, 1.165) is 0 Å². The van der Waals surface area contributed by atoms with Crippen molar-refractivity contribution in [2.45, 2.75) is 0 Å². The third-order valence-corrected chi connectivity index (χ3v) is 0. The molecule has 0 unspecified atom stereocenters. The van der Waals surface area contributed by atoms with E-state index in [2.05, 4.69) is 0 Å². The molecule has 0 aromatic carbocycles. The average Bonchev–Trinajstić information content (AvgIpc) is 1.00. The number of halogens is 2. The van der Waals surface area contributed by atoms with Crippen LogP contribution in [0.4, 0.5) is 0 Å². The van der Waals surface area contributed by atoms with Gasteiger partial charge in [-0.3, -0.25) is 0 Å². The summed E-state index contributed by atoms with van der Waals surface area (Å²) in [4.78, 5) is 7.25. The molecule has 0 aliphatic rings. The number of nitroso groups, excluding NO2 is 1. The largest absolute Gasteiger partial charge is 3.00 e. The minimum atomic E-state index is 0. The molecule has 0 bridgehead atoms. The molecule has 0 atom stereocenters. The topological polar surface area (TPSA) is 214 Å². The van der Waals surface area contributed by atoms with Crippen LogP contribution in [0.25, 0.3) is 5.59 Å². The molecule has 0 amide bonds. The third kappa shape index (κ3) is 1370. The fourth-order valence-electron chi connectivity index (χ4n) is 0. The maximum atomic E-state index is 7.25. The molecule has 0 rings (SSSR count). The second kappa shape index (κ2) is 1950. The molecular formula is H15Cl2N6ORu. The van der Waals surface area contributed by atoms with Gasteiger partial charge < -0.3 is 66.1 Å². The zero-order valence-corrected chi connectivity index (χ0v) is 8.75. The summed E-state index contributed by atoms with van der Waals surface area (Å²) >= 11 is 0. The normalized spacial score (nSPS) is 0.400. The van der Waals surface area contributed by atoms with Gasteiger partial charge in [0, 0.05) is 0 Å². The van der Waals surface area contributed by atoms with Gasteiger partial charge in [0.05, 0.1) is 0 Å². The number of rotatable bonds is 0. The molecule has 1 radical (unpaired) electrons. The first kappa shape index (κ1) is 380. The molecule has 10 heteroatoms. The molecule has 0 fully saturated rings. The van der Waals surface area contributed by atoms with Crippen LogP contribution in [0.1, 0.15) is 0 Å². The standard InChI is InChI=1S/2ClH.NO.5H3N.Ru/c;;1-2;;;;;;/h2*1H;;5*1H3;/q;;-1;;;;;;+3/p-2. The van der Waals surface area contributed by atoms with Crippen LogP contribution in [0.3, 0.4) is 0 Å². The third-order valence-electron chi connectivity index (χ3n) is 0. The fourth-order valence-corrected chi connectivity index (χ4v) is 0. The molecule has 7 nitrogen and oxygen atoms in total. The summed E-state index contributed by atoms with van der Waals surface area (Å²) in [6.07, 6.45) is 0. The molecule has 0 aromatic rings. The fraction of sp³-hybridized carbons (Fsp3) is 0. The zero-order chi connectivity index (χ0) is 2.00. The number of nitrogens with zero attached hydrogens (tertiary/aromatic N) is 1. The monoisotopic (exact) mass is 287 g/mol. The van der Waals surface area contributed by atoms with Crippen LogP contribution in [0.5, 0.6) is 0 Å². The quantitative estimate of drug-likeness (QED) is 0.275. The van der Waals surface area contributed by atoms with Gasteiger partial charge in [-0.25, -0.2) is 0 Å². The van der Waals surface area contributed by atoms with Gasteiger partial charge in [-0.1, -0.05) is 0 Å². The second-order valence-electron chi connectivity index (χ2n) is 0. The van der Waals surface area contributed by atoms with Crippen LogP contribution in [0.2, 0.25) is 0 Å². The molecule has 15 N–H and O–H groups in total. The van der Waals surface area contributed by atoms with E-state index in [1.165, 1.54) is 0 Å². The smallest absolute Gasteiger partial charge is 1.00 e. The summed E-state index contributed by atoms with van der Waals surface area (Å²) in [5.41, 5.74) is 5.75. The van der Waals surface area contributed by atoms with Gasteiger partial charge in [-0.2, -0.15) is 0 Å². The molecule has 0 saturated heterocycles. The van der Waals surface area contributed by atoms with Gasteiger partial charge in [0.25, 0.3) is 0 Å². The Labute approximate surface area is 85.7 Å². The predicted molar refractivity (Wildman–Crippen MR) is 31.8 cm³/mol. The summed E-state index contributed by atoms with van der Waals surface area (Å²) in [6.45, 7) is 0. The Morgan fingerprint density at radius 1 is 0.600 bits per heavy atom. The summed E-state index contributed by atoms with van der Waals surface area (Å²) in [6, 6.07) is 0. The van der Waals surface area contributed by atoms with E-state index in [4.69, 9.17) is 10.5 Å². The van der Waals surface area contributed by atoms with Crippen molar-refractivity contribution in [2.75, 3.05) is 0 Å². The summed E-state index contributed by atoms with van der Waals surface area (Å²) in [5.74, 6) is 0. The van der Waals surface area contributed by atoms with Crippen molar-refractivity contribution < 1.29 is 44.3 Å². The summed E-state index contributed by atoms with van der Waals surface area (Å²) in [5, 5.41) is 0. The van der Waals surface area contributed by atoms with E-state index >= 15 is 0 Å². The Hall–Kier alpha value is 0.603. The van der Waals surface area contributed by atoms with Crippen LogP contribution in [-0.4, -0.2) is 0 Å². The van der Waals surface area contributed by atoms with Crippen molar-refractivity contribution in [3.63, 3.8) is 0 Å². The number of hydrogen-bond acceptors (Lipinski definition) is 6. The Balaban J connectivity index is -0.000000000179. The van der Waals surface area contributed by atoms with E-state index < -0.39 is 0 Å². The summed E-state index contributed by atoms with van der Waals surface area (Å²) in [7, 11) is 0. The molecule has 10 heavy (non-hydrogen) atoms. The van der Waals surface area contributed by atoms with Gasteiger partial charge in [-0.05, 0) is 0 Å². The molecule has 73 valence electrons. The minimum Gasteiger partial charge on any atom is -1.00 e. The van der Waals surface area contributed by atoms with Crippen molar-refractivity contribution in [3.05, 3.63) is 10.5 Å². The van der Waals surface area contributed by atoms with Crippen molar-refractivity contribution >= 4 is 0 Å². The van der Waals surface area contributed by atoms with Crippen molar-refractivity contribution in [3.8, 4) is 0 Å². The van der Waals surface area contributed by atoms with E-state index in [1.54, 1.807) is 0 Å².